The number of rotatable bonds is 0. The minimum Gasteiger partial charge on any atom is -0.374 e. The first-order valence-corrected chi connectivity index (χ1v) is 7.75. The lowest BCUT2D eigenvalue weighted by molar-refractivity contribution is -0.230. The normalized spacial score (nSPS) is 53.1. The van der Waals surface area contributed by atoms with Crippen molar-refractivity contribution in [1.29, 1.82) is 0 Å². The first-order chi connectivity index (χ1) is 8.57. The van der Waals surface area contributed by atoms with Gasteiger partial charge in [-0.1, -0.05) is 13.8 Å². The fourth-order valence-corrected chi connectivity index (χ4v) is 5.40. The van der Waals surface area contributed by atoms with Gasteiger partial charge in [0.15, 0.2) is 0 Å². The van der Waals surface area contributed by atoms with Gasteiger partial charge >= 0.3 is 0 Å². The van der Waals surface area contributed by atoms with E-state index < -0.39 is 0 Å². The summed E-state index contributed by atoms with van der Waals surface area (Å²) in [6.07, 6.45) is 7.51. The topological polar surface area (TPSA) is 26.3 Å². The van der Waals surface area contributed by atoms with E-state index in [1.165, 1.54) is 12.8 Å². The van der Waals surface area contributed by atoms with E-state index in [9.17, 15) is 4.79 Å². The summed E-state index contributed by atoms with van der Waals surface area (Å²) in [5, 5.41) is 0. The number of hydrogen-bond donors (Lipinski definition) is 0. The van der Waals surface area contributed by atoms with Crippen LogP contribution in [0.25, 0.3) is 0 Å². The second-order valence-electron chi connectivity index (χ2n) is 7.67. The third kappa shape index (κ3) is 1.36. The van der Waals surface area contributed by atoms with Crippen LogP contribution in [0.3, 0.4) is 0 Å². The number of hydrogen-bond acceptors (Lipinski definition) is 2. The van der Waals surface area contributed by atoms with Gasteiger partial charge in [0.25, 0.3) is 0 Å². The summed E-state index contributed by atoms with van der Waals surface area (Å²) in [6, 6.07) is 0. The lowest BCUT2D eigenvalue weighted by Crippen LogP contribution is -2.62. The summed E-state index contributed by atoms with van der Waals surface area (Å²) in [7, 11) is 0. The highest BCUT2D eigenvalue weighted by Gasteiger charge is 2.60. The first-order valence-electron chi connectivity index (χ1n) is 7.75. The minimum absolute atomic E-state index is 0.243. The quantitative estimate of drug-likeness (QED) is 0.658. The molecule has 1 heterocycles. The molecule has 0 spiro atoms. The predicted octanol–water partition coefficient (Wildman–Crippen LogP) is 3.20. The average molecular weight is 248 g/mol. The molecule has 100 valence electrons. The van der Waals surface area contributed by atoms with Gasteiger partial charge in [-0.15, -0.1) is 0 Å². The van der Waals surface area contributed by atoms with Crippen LogP contribution >= 0.6 is 0 Å². The minimum atomic E-state index is 0.243. The van der Waals surface area contributed by atoms with Crippen LogP contribution in [-0.4, -0.2) is 18.0 Å². The molecule has 0 aromatic rings. The second-order valence-corrected chi connectivity index (χ2v) is 7.67. The van der Waals surface area contributed by atoms with E-state index in [0.29, 0.717) is 23.2 Å². The van der Waals surface area contributed by atoms with E-state index in [0.717, 1.165) is 37.5 Å². The molecule has 0 N–H and O–H groups in total. The summed E-state index contributed by atoms with van der Waals surface area (Å²) >= 11 is 0. The Morgan fingerprint density at radius 3 is 2.78 bits per heavy atom. The molecule has 4 aliphatic carbocycles. The first kappa shape index (κ1) is 11.5. The number of carbonyl (C=O) groups excluding carboxylic acids is 1. The summed E-state index contributed by atoms with van der Waals surface area (Å²) in [5.74, 6) is 3.10. The van der Waals surface area contributed by atoms with Gasteiger partial charge in [0.05, 0.1) is 12.2 Å². The maximum absolute atomic E-state index is 12.1. The standard InChI is InChI=1S/C16H24O2/c1-16(2)9-6-12(16)10-8-11-13(17)4-3-5-14(11)18-15(10)7-9/h9-12,14-15H,3-8H2,1-2H3/t9-,10?,11?,12+,14?,15-/m1/s1. The second kappa shape index (κ2) is 3.59. The summed E-state index contributed by atoms with van der Waals surface area (Å²) < 4.78 is 6.34. The van der Waals surface area contributed by atoms with Crippen LogP contribution < -0.4 is 0 Å². The molecule has 0 aromatic carbocycles. The van der Waals surface area contributed by atoms with E-state index in [1.807, 2.05) is 0 Å². The molecule has 0 amide bonds. The van der Waals surface area contributed by atoms with Crippen molar-refractivity contribution in [2.24, 2.45) is 29.1 Å². The molecule has 18 heavy (non-hydrogen) atoms. The molecule has 3 unspecified atom stereocenters. The lowest BCUT2D eigenvalue weighted by Gasteiger charge is -2.64. The van der Waals surface area contributed by atoms with Crippen LogP contribution in [-0.2, 0) is 9.53 Å². The number of carbonyl (C=O) groups is 1. The SMILES string of the molecule is CC1(C)[C@H]2C[C@H]3OC4CCCC(=O)C4CC3[C@@H]1C2. The summed E-state index contributed by atoms with van der Waals surface area (Å²) in [4.78, 5) is 12.1. The Bertz CT molecular complexity index is 387. The third-order valence-electron chi connectivity index (χ3n) is 6.71. The molecule has 5 aliphatic rings. The average Bonchev–Trinajstić information content (AvgIpc) is 2.36. The van der Waals surface area contributed by atoms with Gasteiger partial charge in [0.2, 0.25) is 0 Å². The number of fused-ring (bicyclic) bond motifs is 1. The largest absolute Gasteiger partial charge is 0.374 e. The fourth-order valence-electron chi connectivity index (χ4n) is 5.40. The third-order valence-corrected chi connectivity index (χ3v) is 6.71. The highest BCUT2D eigenvalue weighted by atomic mass is 16.5. The molecule has 4 saturated carbocycles. The summed E-state index contributed by atoms with van der Waals surface area (Å²) in [5.41, 5.74) is 0.509. The number of Topliss-reactive ketones (excluding diaryl/α,β-unsaturated/α-hetero) is 1. The van der Waals surface area contributed by atoms with E-state index in [-0.39, 0.29) is 12.0 Å². The van der Waals surface area contributed by atoms with E-state index in [1.54, 1.807) is 0 Å². The smallest absolute Gasteiger partial charge is 0.138 e. The Morgan fingerprint density at radius 2 is 2.00 bits per heavy atom. The van der Waals surface area contributed by atoms with Crippen molar-refractivity contribution in [1.82, 2.24) is 0 Å². The Labute approximate surface area is 109 Å². The zero-order valence-corrected chi connectivity index (χ0v) is 11.5. The van der Waals surface area contributed by atoms with Gasteiger partial charge < -0.3 is 4.74 Å². The van der Waals surface area contributed by atoms with Gasteiger partial charge in [-0.2, -0.15) is 0 Å². The zero-order chi connectivity index (χ0) is 12.5. The van der Waals surface area contributed by atoms with Crippen LogP contribution in [0.1, 0.15) is 52.4 Å². The molecular formula is C16H24O2. The van der Waals surface area contributed by atoms with Crippen molar-refractivity contribution in [2.75, 3.05) is 0 Å². The van der Waals surface area contributed by atoms with Gasteiger partial charge in [0, 0.05) is 12.3 Å². The number of ketones is 1. The van der Waals surface area contributed by atoms with Gasteiger partial charge in [0.1, 0.15) is 5.78 Å². The fraction of sp³-hybridized carbons (Fsp3) is 0.938. The molecular weight excluding hydrogens is 224 g/mol. The van der Waals surface area contributed by atoms with E-state index in [2.05, 4.69) is 13.8 Å². The van der Waals surface area contributed by atoms with Crippen LogP contribution in [0.2, 0.25) is 0 Å². The molecule has 5 fully saturated rings. The van der Waals surface area contributed by atoms with Gasteiger partial charge in [-0.3, -0.25) is 4.79 Å². The predicted molar refractivity (Wildman–Crippen MR) is 69.1 cm³/mol. The molecule has 5 rings (SSSR count). The van der Waals surface area contributed by atoms with Crippen LogP contribution in [0, 0.1) is 29.1 Å². The maximum atomic E-state index is 12.1. The molecule has 0 aromatic heterocycles. The molecule has 2 bridgehead atoms. The van der Waals surface area contributed by atoms with Crippen LogP contribution in [0.5, 0.6) is 0 Å². The highest BCUT2D eigenvalue weighted by molar-refractivity contribution is 5.82. The monoisotopic (exact) mass is 248 g/mol. The van der Waals surface area contributed by atoms with Crippen LogP contribution in [0.15, 0.2) is 0 Å². The Hall–Kier alpha value is -0.370. The van der Waals surface area contributed by atoms with Crippen molar-refractivity contribution in [3.8, 4) is 0 Å². The molecule has 1 aliphatic heterocycles. The van der Waals surface area contributed by atoms with Crippen molar-refractivity contribution in [2.45, 2.75) is 64.6 Å². The van der Waals surface area contributed by atoms with Gasteiger partial charge in [-0.05, 0) is 55.3 Å². The van der Waals surface area contributed by atoms with E-state index in [4.69, 9.17) is 4.74 Å². The lowest BCUT2D eigenvalue weighted by atomic mass is 9.43. The van der Waals surface area contributed by atoms with Crippen molar-refractivity contribution >= 4 is 5.78 Å². The molecule has 0 radical (unpaired) electrons. The summed E-state index contributed by atoms with van der Waals surface area (Å²) in [6.45, 7) is 4.85. The van der Waals surface area contributed by atoms with Gasteiger partial charge in [-0.25, -0.2) is 0 Å². The maximum Gasteiger partial charge on any atom is 0.138 e. The Balaban J connectivity index is 1.58. The Kier molecular flexibility index (Phi) is 2.29. The van der Waals surface area contributed by atoms with Crippen LogP contribution in [0.4, 0.5) is 0 Å². The van der Waals surface area contributed by atoms with Crippen molar-refractivity contribution in [3.63, 3.8) is 0 Å². The molecule has 1 saturated heterocycles. The van der Waals surface area contributed by atoms with Crippen molar-refractivity contribution in [3.05, 3.63) is 0 Å². The molecule has 2 nitrogen and oxygen atoms in total. The Morgan fingerprint density at radius 1 is 1.17 bits per heavy atom. The molecule has 2 heteroatoms. The zero-order valence-electron chi connectivity index (χ0n) is 11.5. The molecule has 6 atom stereocenters. The number of ether oxygens (including phenoxy) is 1. The highest BCUT2D eigenvalue weighted by Crippen LogP contribution is 2.64. The van der Waals surface area contributed by atoms with Crippen molar-refractivity contribution < 1.29 is 9.53 Å². The van der Waals surface area contributed by atoms with E-state index >= 15 is 0 Å².